The Balaban J connectivity index is 1.43. The van der Waals surface area contributed by atoms with Crippen LogP contribution in [0.3, 0.4) is 0 Å². The molecule has 1 aliphatic heterocycles. The van der Waals surface area contributed by atoms with E-state index in [2.05, 4.69) is 14.9 Å². The van der Waals surface area contributed by atoms with Crippen LogP contribution in [0.25, 0.3) is 22.5 Å². The number of pyridine rings is 2. The molecule has 0 radical (unpaired) electrons. The minimum absolute atomic E-state index is 0.464. The first kappa shape index (κ1) is 25.2. The number of aryl methyl sites for hydroxylation is 2. The van der Waals surface area contributed by atoms with E-state index < -0.39 is 11.4 Å². The van der Waals surface area contributed by atoms with Gasteiger partial charge in [0.25, 0.3) is 0 Å². The number of hydrogen-bond acceptors (Lipinski definition) is 4. The summed E-state index contributed by atoms with van der Waals surface area (Å²) in [6.07, 6.45) is 4.54. The average Bonchev–Trinajstić information content (AvgIpc) is 2.90. The molecule has 3 heterocycles. The lowest BCUT2D eigenvalue weighted by Gasteiger charge is -2.40. The van der Waals surface area contributed by atoms with Crippen molar-refractivity contribution in [3.05, 3.63) is 99.8 Å². The standard InChI is InChI=1S/C30H27Cl2N3O2/c1-19-3-9-27(33-17-19)23-15-21(5-7-25(23)31)30(29(36)37)11-13-35(14-12-30)22-6-8-26(32)24(16-22)28-10-4-20(2)18-34-28/h3-10,15-18H,11-14H2,1-2H3,(H,36,37). The molecule has 2 aromatic carbocycles. The first-order chi connectivity index (χ1) is 17.8. The van der Waals surface area contributed by atoms with Gasteiger partial charge in [-0.3, -0.25) is 14.8 Å². The number of anilines is 1. The van der Waals surface area contributed by atoms with Crippen LogP contribution in [0.5, 0.6) is 0 Å². The third-order valence-electron chi connectivity index (χ3n) is 7.24. The zero-order chi connectivity index (χ0) is 26.2. The van der Waals surface area contributed by atoms with Gasteiger partial charge in [0.15, 0.2) is 0 Å². The minimum atomic E-state index is -1.01. The van der Waals surface area contributed by atoms with Crippen LogP contribution in [0, 0.1) is 13.8 Å². The molecule has 0 amide bonds. The molecule has 1 aliphatic rings. The summed E-state index contributed by atoms with van der Waals surface area (Å²) in [7, 11) is 0. The van der Waals surface area contributed by atoms with E-state index in [9.17, 15) is 9.90 Å². The normalized spacial score (nSPS) is 15.0. The van der Waals surface area contributed by atoms with Crippen molar-refractivity contribution in [1.82, 2.24) is 9.97 Å². The lowest BCUT2D eigenvalue weighted by atomic mass is 9.72. The summed E-state index contributed by atoms with van der Waals surface area (Å²) in [5.74, 6) is -0.821. The summed E-state index contributed by atoms with van der Waals surface area (Å²) in [6.45, 7) is 5.16. The molecule has 0 spiro atoms. The lowest BCUT2D eigenvalue weighted by Crippen LogP contribution is -2.47. The molecule has 0 saturated carbocycles. The smallest absolute Gasteiger partial charge is 0.314 e. The van der Waals surface area contributed by atoms with Crippen molar-refractivity contribution >= 4 is 34.9 Å². The molecule has 0 bridgehead atoms. The molecule has 188 valence electrons. The van der Waals surface area contributed by atoms with Gasteiger partial charge in [-0.2, -0.15) is 0 Å². The highest BCUT2D eigenvalue weighted by atomic mass is 35.5. The van der Waals surface area contributed by atoms with E-state index in [0.717, 1.165) is 44.9 Å². The summed E-state index contributed by atoms with van der Waals surface area (Å²) in [5, 5.41) is 11.6. The fraction of sp³-hybridized carbons (Fsp3) is 0.233. The van der Waals surface area contributed by atoms with Crippen LogP contribution >= 0.6 is 23.2 Å². The van der Waals surface area contributed by atoms with Crippen LogP contribution in [0.1, 0.15) is 29.5 Å². The molecule has 0 unspecified atom stereocenters. The highest BCUT2D eigenvalue weighted by molar-refractivity contribution is 6.33. The van der Waals surface area contributed by atoms with Gasteiger partial charge in [-0.05, 0) is 85.8 Å². The number of aromatic nitrogens is 2. The molecule has 1 saturated heterocycles. The van der Waals surface area contributed by atoms with Gasteiger partial charge in [0.2, 0.25) is 0 Å². The zero-order valence-corrected chi connectivity index (χ0v) is 22.2. The number of benzene rings is 2. The summed E-state index contributed by atoms with van der Waals surface area (Å²) >= 11 is 13.0. The molecule has 5 rings (SSSR count). The fourth-order valence-corrected chi connectivity index (χ4v) is 5.38. The summed E-state index contributed by atoms with van der Waals surface area (Å²) in [6, 6.07) is 19.3. The maximum atomic E-state index is 12.7. The molecule has 1 fully saturated rings. The highest BCUT2D eigenvalue weighted by Gasteiger charge is 2.43. The Morgan fingerprint density at radius 1 is 0.811 bits per heavy atom. The first-order valence-electron chi connectivity index (χ1n) is 12.2. The Hall–Kier alpha value is -3.41. The van der Waals surface area contributed by atoms with Gasteiger partial charge in [0.1, 0.15) is 0 Å². The van der Waals surface area contributed by atoms with Crippen molar-refractivity contribution in [3.63, 3.8) is 0 Å². The minimum Gasteiger partial charge on any atom is -0.481 e. The maximum absolute atomic E-state index is 12.7. The van der Waals surface area contributed by atoms with Gasteiger partial charge in [-0.25, -0.2) is 0 Å². The number of rotatable bonds is 5. The number of piperidine rings is 1. The van der Waals surface area contributed by atoms with Gasteiger partial charge >= 0.3 is 5.97 Å². The predicted octanol–water partition coefficient (Wildman–Crippen LogP) is 7.36. The van der Waals surface area contributed by atoms with E-state index in [1.54, 1.807) is 12.3 Å². The molecule has 7 heteroatoms. The molecule has 2 aromatic heterocycles. The van der Waals surface area contributed by atoms with Gasteiger partial charge in [0.05, 0.1) is 21.8 Å². The molecule has 4 aromatic rings. The Morgan fingerprint density at radius 3 is 1.86 bits per heavy atom. The van der Waals surface area contributed by atoms with Crippen LogP contribution < -0.4 is 4.90 Å². The largest absolute Gasteiger partial charge is 0.481 e. The quantitative estimate of drug-likeness (QED) is 0.291. The van der Waals surface area contributed by atoms with E-state index in [1.165, 1.54) is 0 Å². The SMILES string of the molecule is Cc1ccc(-c2cc(N3CCC(C(=O)O)(c4ccc(Cl)c(-c5ccc(C)cn5)c4)CC3)ccc2Cl)nc1. The second kappa shape index (κ2) is 10.2. The average molecular weight is 532 g/mol. The Kier molecular flexibility index (Phi) is 6.93. The molecule has 37 heavy (non-hydrogen) atoms. The second-order valence-electron chi connectivity index (χ2n) is 9.67. The van der Waals surface area contributed by atoms with Crippen molar-refractivity contribution in [1.29, 1.82) is 0 Å². The molecule has 1 N–H and O–H groups in total. The predicted molar refractivity (Wildman–Crippen MR) is 150 cm³/mol. The molecular formula is C30H27Cl2N3O2. The highest BCUT2D eigenvalue weighted by Crippen LogP contribution is 2.41. The molecule has 5 nitrogen and oxygen atoms in total. The van der Waals surface area contributed by atoms with Crippen molar-refractivity contribution in [2.75, 3.05) is 18.0 Å². The lowest BCUT2D eigenvalue weighted by molar-refractivity contribution is -0.144. The number of carbonyl (C=O) groups is 1. The first-order valence-corrected chi connectivity index (χ1v) is 13.0. The number of hydrogen-bond donors (Lipinski definition) is 1. The molecule has 0 atom stereocenters. The van der Waals surface area contributed by atoms with Crippen LogP contribution in [-0.4, -0.2) is 34.1 Å². The second-order valence-corrected chi connectivity index (χ2v) is 10.5. The van der Waals surface area contributed by atoms with Crippen molar-refractivity contribution in [3.8, 4) is 22.5 Å². The Labute approximate surface area is 226 Å². The summed E-state index contributed by atoms with van der Waals surface area (Å²) < 4.78 is 0. The number of nitrogens with zero attached hydrogens (tertiary/aromatic N) is 3. The topological polar surface area (TPSA) is 66.3 Å². The summed E-state index contributed by atoms with van der Waals surface area (Å²) in [4.78, 5) is 24.0. The Morgan fingerprint density at radius 2 is 1.35 bits per heavy atom. The van der Waals surface area contributed by atoms with Crippen LogP contribution in [0.2, 0.25) is 10.0 Å². The van der Waals surface area contributed by atoms with E-state index in [1.807, 2.05) is 74.6 Å². The van der Waals surface area contributed by atoms with E-state index in [4.69, 9.17) is 23.2 Å². The van der Waals surface area contributed by atoms with Gasteiger partial charge in [0, 0.05) is 47.3 Å². The van der Waals surface area contributed by atoms with Crippen molar-refractivity contribution < 1.29 is 9.90 Å². The summed E-state index contributed by atoms with van der Waals surface area (Å²) in [5.41, 5.74) is 6.03. The molecule has 0 aliphatic carbocycles. The molecular weight excluding hydrogens is 505 g/mol. The number of halogens is 2. The van der Waals surface area contributed by atoms with Gasteiger partial charge in [-0.1, -0.05) is 41.4 Å². The number of aliphatic carboxylic acids is 1. The van der Waals surface area contributed by atoms with Crippen LogP contribution in [0.4, 0.5) is 5.69 Å². The van der Waals surface area contributed by atoms with Crippen LogP contribution in [0.15, 0.2) is 73.1 Å². The maximum Gasteiger partial charge on any atom is 0.314 e. The third kappa shape index (κ3) is 4.94. The van der Waals surface area contributed by atoms with Crippen LogP contribution in [-0.2, 0) is 10.2 Å². The third-order valence-corrected chi connectivity index (χ3v) is 7.89. The fourth-order valence-electron chi connectivity index (χ4n) is 4.95. The van der Waals surface area contributed by atoms with Gasteiger partial charge < -0.3 is 10.0 Å². The Bertz CT molecular complexity index is 1450. The number of carboxylic acid groups (broad SMARTS) is 1. The van der Waals surface area contributed by atoms with Gasteiger partial charge in [-0.15, -0.1) is 0 Å². The van der Waals surface area contributed by atoms with E-state index in [0.29, 0.717) is 36.0 Å². The van der Waals surface area contributed by atoms with E-state index in [-0.39, 0.29) is 0 Å². The van der Waals surface area contributed by atoms with Crippen molar-refractivity contribution in [2.24, 2.45) is 0 Å². The monoisotopic (exact) mass is 531 g/mol. The van der Waals surface area contributed by atoms with Crippen molar-refractivity contribution in [2.45, 2.75) is 32.1 Å². The number of carboxylic acids is 1. The zero-order valence-electron chi connectivity index (χ0n) is 20.7. The van der Waals surface area contributed by atoms with E-state index >= 15 is 0 Å².